The molecule has 2 aliphatic heterocycles. The van der Waals surface area contributed by atoms with Gasteiger partial charge in [0, 0.05) is 17.4 Å². The minimum Gasteiger partial charge on any atom is -0.497 e. The smallest absolute Gasteiger partial charge is 0.256 e. The molecule has 2 aromatic heterocycles. The number of amides is 1. The Balaban J connectivity index is 1.11. The number of methoxy groups -OCH3 is 3. The standard InChI is InChI=1S/C49H52N5O8PS2/c1-31(2)33-25-26-48(3)40(27-33)61-63(64,65-48)62-43-42(58-6)39(60-47(43)54-30-52-41-44(50-29-51-45(41)54)53-46(55)32-13-9-7-10-14-32)28-59-49(34-15-11-8-12-16-34,35-17-21-37(56-4)22-18-35)36-19-23-38(57-5)24-20-36/h7-24,29-30,33,39-40,42-43,47H,1,25-28H2,2-6H3,(H,50,51,53,55)/t33-,39-,40+,42-,43-,47-,48+,63+/m1/s1. The monoisotopic (exact) mass is 933 g/mol. The van der Waals surface area contributed by atoms with Gasteiger partial charge in [-0.25, -0.2) is 15.0 Å². The second-order valence-corrected chi connectivity index (χ2v) is 23.3. The van der Waals surface area contributed by atoms with Crippen molar-refractivity contribution in [1.82, 2.24) is 19.5 Å². The molecular formula is C49H52N5O8PS2. The number of imidazole rings is 1. The molecule has 0 unspecified atom stereocenters. The van der Waals surface area contributed by atoms with E-state index in [4.69, 9.17) is 49.5 Å². The summed E-state index contributed by atoms with van der Waals surface area (Å²) in [6, 6.07) is 34.7. The van der Waals surface area contributed by atoms with Crippen LogP contribution in [-0.4, -0.2) is 82.5 Å². The summed E-state index contributed by atoms with van der Waals surface area (Å²) in [6.45, 7) is 8.62. The fraction of sp³-hybridized carbons (Fsp3) is 0.347. The van der Waals surface area contributed by atoms with E-state index in [0.29, 0.717) is 34.1 Å². The third-order valence-electron chi connectivity index (χ3n) is 12.8. The molecule has 6 aromatic rings. The van der Waals surface area contributed by atoms with Gasteiger partial charge in [0.25, 0.3) is 5.91 Å². The first-order chi connectivity index (χ1) is 31.5. The summed E-state index contributed by atoms with van der Waals surface area (Å²) in [6.07, 6.45) is 2.56. The average Bonchev–Trinajstić information content (AvgIpc) is 4.00. The third-order valence-corrected chi connectivity index (χ3v) is 18.5. The average molecular weight is 934 g/mol. The van der Waals surface area contributed by atoms with Crippen molar-refractivity contribution in [2.45, 2.75) is 74.1 Å². The third kappa shape index (κ3) is 8.76. The fourth-order valence-corrected chi connectivity index (χ4v) is 16.7. The van der Waals surface area contributed by atoms with Gasteiger partial charge in [0.1, 0.15) is 41.7 Å². The van der Waals surface area contributed by atoms with E-state index in [9.17, 15) is 4.79 Å². The fourth-order valence-electron chi connectivity index (χ4n) is 9.23. The summed E-state index contributed by atoms with van der Waals surface area (Å²) in [4.78, 5) is 27.1. The number of hydrogen-bond donors (Lipinski definition) is 1. The van der Waals surface area contributed by atoms with E-state index in [1.54, 1.807) is 67.9 Å². The summed E-state index contributed by atoms with van der Waals surface area (Å²) in [5.74, 6) is 1.69. The lowest BCUT2D eigenvalue weighted by molar-refractivity contribution is -0.0980. The number of carbonyl (C=O) groups excluding carboxylic acids is 1. The van der Waals surface area contributed by atoms with E-state index >= 15 is 0 Å². The lowest BCUT2D eigenvalue weighted by Crippen LogP contribution is -2.41. The van der Waals surface area contributed by atoms with Crippen molar-refractivity contribution in [2.75, 3.05) is 33.3 Å². The Hall–Kier alpha value is -4.96. The van der Waals surface area contributed by atoms with Gasteiger partial charge in [-0.2, -0.15) is 0 Å². The number of nitrogens with zero attached hydrogens (tertiary/aromatic N) is 4. The molecule has 4 aromatic carbocycles. The van der Waals surface area contributed by atoms with Crippen LogP contribution in [0, 0.1) is 5.92 Å². The molecule has 9 rings (SSSR count). The maximum Gasteiger partial charge on any atom is 0.256 e. The number of nitrogens with one attached hydrogen (secondary N) is 1. The van der Waals surface area contributed by atoms with Crippen LogP contribution in [0.2, 0.25) is 0 Å². The van der Waals surface area contributed by atoms with Gasteiger partial charge in [0.05, 0.1) is 33.3 Å². The Kier molecular flexibility index (Phi) is 13.0. The van der Waals surface area contributed by atoms with Gasteiger partial charge in [-0.1, -0.05) is 96.3 Å². The first kappa shape index (κ1) is 45.2. The Labute approximate surface area is 388 Å². The summed E-state index contributed by atoms with van der Waals surface area (Å²) in [5.41, 5.74) is 0.865. The zero-order chi connectivity index (χ0) is 45.3. The van der Waals surface area contributed by atoms with Gasteiger partial charge in [-0.05, 0) is 104 Å². The summed E-state index contributed by atoms with van der Waals surface area (Å²) >= 11 is 8.06. The molecular weight excluding hydrogens is 882 g/mol. The Morgan fingerprint density at radius 1 is 0.908 bits per heavy atom. The van der Waals surface area contributed by atoms with Gasteiger partial charge >= 0.3 is 0 Å². The van der Waals surface area contributed by atoms with Crippen LogP contribution >= 0.6 is 17.1 Å². The Bertz CT molecular complexity index is 2650. The lowest BCUT2D eigenvalue weighted by Gasteiger charge is -2.37. The van der Waals surface area contributed by atoms with Crippen molar-refractivity contribution in [3.8, 4) is 11.5 Å². The molecule has 0 spiro atoms. The second-order valence-electron chi connectivity index (χ2n) is 16.8. The topological polar surface area (TPSA) is 137 Å². The van der Waals surface area contributed by atoms with Crippen LogP contribution < -0.4 is 14.8 Å². The minimum absolute atomic E-state index is 0.0410. The first-order valence-electron chi connectivity index (χ1n) is 21.5. The molecule has 16 heteroatoms. The molecule has 1 N–H and O–H groups in total. The van der Waals surface area contributed by atoms with Gasteiger partial charge in [-0.15, -0.1) is 0 Å². The highest BCUT2D eigenvalue weighted by atomic mass is 32.9. The van der Waals surface area contributed by atoms with E-state index in [1.807, 2.05) is 72.8 Å². The van der Waals surface area contributed by atoms with Crippen LogP contribution in [0.3, 0.4) is 0 Å². The van der Waals surface area contributed by atoms with Gasteiger partial charge in [0.15, 0.2) is 23.2 Å². The SMILES string of the molecule is C=C(C)[C@@H]1CC[C@]2(C)S[P@](=S)(O[C@@H]3[C@H](OC)[C@@H](COC(c4ccccc4)(c4ccc(OC)cc4)c4ccc(OC)cc4)O[C@H]3n3cnc4c(NC(=O)c5ccccc5)ncnc43)O[C@H]2C1. The van der Waals surface area contributed by atoms with Crippen LogP contribution in [0.15, 0.2) is 134 Å². The molecule has 338 valence electrons. The Morgan fingerprint density at radius 2 is 1.54 bits per heavy atom. The zero-order valence-corrected chi connectivity index (χ0v) is 39.4. The second kappa shape index (κ2) is 18.7. The zero-order valence-electron chi connectivity index (χ0n) is 36.9. The van der Waals surface area contributed by atoms with E-state index < -0.39 is 35.8 Å². The van der Waals surface area contributed by atoms with Crippen molar-refractivity contribution in [1.29, 1.82) is 0 Å². The molecule has 2 saturated heterocycles. The molecule has 13 nitrogen and oxygen atoms in total. The highest BCUT2D eigenvalue weighted by molar-refractivity contribution is 8.68. The largest absolute Gasteiger partial charge is 0.497 e. The van der Waals surface area contributed by atoms with Crippen molar-refractivity contribution < 1.29 is 37.5 Å². The predicted molar refractivity (Wildman–Crippen MR) is 255 cm³/mol. The molecule has 3 aliphatic rings. The van der Waals surface area contributed by atoms with Gasteiger partial charge < -0.3 is 38.0 Å². The van der Waals surface area contributed by atoms with Crippen LogP contribution in [-0.2, 0) is 40.7 Å². The van der Waals surface area contributed by atoms with E-state index in [-0.39, 0.29) is 29.2 Å². The van der Waals surface area contributed by atoms with Crippen molar-refractivity contribution >= 4 is 51.8 Å². The number of anilines is 1. The van der Waals surface area contributed by atoms with Crippen molar-refractivity contribution in [3.05, 3.63) is 156 Å². The molecule has 0 bridgehead atoms. The first-order valence-corrected chi connectivity index (χ1v) is 25.6. The molecule has 8 atom stereocenters. The maximum atomic E-state index is 13.3. The number of fused-ring (bicyclic) bond motifs is 2. The highest BCUT2D eigenvalue weighted by Gasteiger charge is 2.57. The molecule has 1 amide bonds. The maximum absolute atomic E-state index is 13.3. The number of carbonyl (C=O) groups is 1. The summed E-state index contributed by atoms with van der Waals surface area (Å²) < 4.78 is 47.6. The van der Waals surface area contributed by atoms with E-state index in [1.165, 1.54) is 6.33 Å². The molecule has 1 aliphatic carbocycles. The Morgan fingerprint density at radius 3 is 2.15 bits per heavy atom. The summed E-state index contributed by atoms with van der Waals surface area (Å²) in [5, 5.41) is 2.91. The molecule has 0 radical (unpaired) electrons. The quantitative estimate of drug-likeness (QED) is 0.0595. The van der Waals surface area contributed by atoms with Crippen LogP contribution in [0.4, 0.5) is 5.82 Å². The predicted octanol–water partition coefficient (Wildman–Crippen LogP) is 9.89. The number of ether oxygens (including phenoxy) is 5. The lowest BCUT2D eigenvalue weighted by atomic mass is 9.77. The van der Waals surface area contributed by atoms with Crippen LogP contribution in [0.5, 0.6) is 11.5 Å². The number of aromatic nitrogens is 4. The van der Waals surface area contributed by atoms with Crippen LogP contribution in [0.1, 0.15) is 66.4 Å². The number of rotatable bonds is 15. The van der Waals surface area contributed by atoms with E-state index in [2.05, 4.69) is 47.8 Å². The minimum atomic E-state index is -3.02. The molecule has 4 heterocycles. The number of allylic oxidation sites excluding steroid dienone is 1. The van der Waals surface area contributed by atoms with Crippen molar-refractivity contribution in [3.63, 3.8) is 0 Å². The van der Waals surface area contributed by atoms with Crippen LogP contribution in [0.25, 0.3) is 11.2 Å². The summed E-state index contributed by atoms with van der Waals surface area (Å²) in [7, 11) is 4.93. The van der Waals surface area contributed by atoms with Gasteiger partial charge in [-0.3, -0.25) is 9.36 Å². The molecule has 3 fully saturated rings. The molecule has 65 heavy (non-hydrogen) atoms. The number of hydrogen-bond acceptors (Lipinski definition) is 13. The van der Waals surface area contributed by atoms with Gasteiger partial charge in [0.2, 0.25) is 5.69 Å². The van der Waals surface area contributed by atoms with Crippen molar-refractivity contribution in [2.24, 2.45) is 5.92 Å². The normalized spacial score (nSPS) is 26.4. The molecule has 1 saturated carbocycles. The van der Waals surface area contributed by atoms with E-state index in [0.717, 1.165) is 41.5 Å². The number of benzene rings is 4. The highest BCUT2D eigenvalue weighted by Crippen LogP contribution is 2.76.